The van der Waals surface area contributed by atoms with Gasteiger partial charge in [-0.2, -0.15) is 0 Å². The smallest absolute Gasteiger partial charge is 0.192 e. The SMILES string of the molecule is CCOCC1(C)CN=C(N)N1Cc1cccs1. The largest absolute Gasteiger partial charge is 0.379 e. The van der Waals surface area contributed by atoms with Crippen molar-refractivity contribution in [3.05, 3.63) is 22.4 Å². The fourth-order valence-corrected chi connectivity index (χ4v) is 2.67. The number of guanidine groups is 1. The maximum atomic E-state index is 5.97. The lowest BCUT2D eigenvalue weighted by molar-refractivity contribution is 0.0503. The van der Waals surface area contributed by atoms with Crippen molar-refractivity contribution < 1.29 is 4.74 Å². The first kappa shape index (κ1) is 12.4. The molecule has 0 bridgehead atoms. The molecule has 2 N–H and O–H groups in total. The van der Waals surface area contributed by atoms with E-state index in [1.807, 2.05) is 6.92 Å². The summed E-state index contributed by atoms with van der Waals surface area (Å²) in [6.45, 7) is 7.08. The van der Waals surface area contributed by atoms with Gasteiger partial charge in [-0.05, 0) is 25.3 Å². The molecule has 1 atom stereocenters. The number of nitrogens with zero attached hydrogens (tertiary/aromatic N) is 2. The van der Waals surface area contributed by atoms with Crippen LogP contribution in [0.25, 0.3) is 0 Å². The first-order chi connectivity index (χ1) is 8.15. The van der Waals surface area contributed by atoms with Crippen LogP contribution in [0.2, 0.25) is 0 Å². The Kier molecular flexibility index (Phi) is 3.69. The van der Waals surface area contributed by atoms with Crippen LogP contribution in [0.4, 0.5) is 0 Å². The Morgan fingerprint density at radius 1 is 1.65 bits per heavy atom. The van der Waals surface area contributed by atoms with Gasteiger partial charge < -0.3 is 15.4 Å². The molecule has 1 aromatic heterocycles. The molecule has 0 spiro atoms. The highest BCUT2D eigenvalue weighted by molar-refractivity contribution is 7.09. The molecule has 0 aromatic carbocycles. The third-order valence-electron chi connectivity index (χ3n) is 3.02. The number of hydrogen-bond donors (Lipinski definition) is 1. The first-order valence-electron chi connectivity index (χ1n) is 5.83. The lowest BCUT2D eigenvalue weighted by Gasteiger charge is -2.35. The third kappa shape index (κ3) is 2.61. The van der Waals surface area contributed by atoms with E-state index in [9.17, 15) is 0 Å². The van der Waals surface area contributed by atoms with Crippen molar-refractivity contribution in [3.63, 3.8) is 0 Å². The molecule has 5 heteroatoms. The predicted molar refractivity (Wildman–Crippen MR) is 71.2 cm³/mol. The topological polar surface area (TPSA) is 50.9 Å². The summed E-state index contributed by atoms with van der Waals surface area (Å²) in [6, 6.07) is 4.18. The van der Waals surface area contributed by atoms with Gasteiger partial charge in [0, 0.05) is 11.5 Å². The first-order valence-corrected chi connectivity index (χ1v) is 6.71. The highest BCUT2D eigenvalue weighted by Crippen LogP contribution is 2.25. The monoisotopic (exact) mass is 253 g/mol. The summed E-state index contributed by atoms with van der Waals surface area (Å²) < 4.78 is 5.55. The number of rotatable bonds is 5. The molecular weight excluding hydrogens is 234 g/mol. The van der Waals surface area contributed by atoms with Gasteiger partial charge in [-0.15, -0.1) is 11.3 Å². The van der Waals surface area contributed by atoms with E-state index in [1.54, 1.807) is 11.3 Å². The van der Waals surface area contributed by atoms with Crippen molar-refractivity contribution in [1.29, 1.82) is 0 Å². The molecule has 94 valence electrons. The van der Waals surface area contributed by atoms with Crippen LogP contribution in [0.3, 0.4) is 0 Å². The molecule has 0 fully saturated rings. The predicted octanol–water partition coefficient (Wildman–Crippen LogP) is 1.67. The lowest BCUT2D eigenvalue weighted by atomic mass is 10.0. The number of hydrogen-bond acceptors (Lipinski definition) is 5. The van der Waals surface area contributed by atoms with Gasteiger partial charge in [-0.1, -0.05) is 6.07 Å². The van der Waals surface area contributed by atoms with Crippen molar-refractivity contribution in [2.75, 3.05) is 19.8 Å². The molecule has 0 aliphatic carbocycles. The number of aliphatic imine (C=N–C) groups is 1. The maximum absolute atomic E-state index is 5.97. The minimum atomic E-state index is -0.107. The Bertz CT molecular complexity index is 390. The van der Waals surface area contributed by atoms with Gasteiger partial charge in [0.25, 0.3) is 0 Å². The lowest BCUT2D eigenvalue weighted by Crippen LogP contribution is -2.51. The van der Waals surface area contributed by atoms with E-state index in [0.717, 1.165) is 13.2 Å². The Morgan fingerprint density at radius 2 is 2.47 bits per heavy atom. The standard InChI is InChI=1S/C12H19N3OS/c1-3-16-9-12(2)8-14-11(13)15(12)7-10-5-4-6-17-10/h4-6H,3,7-9H2,1-2H3,(H2,13,14). The Labute approximate surface area is 106 Å². The minimum absolute atomic E-state index is 0.107. The van der Waals surface area contributed by atoms with Crippen LogP contribution < -0.4 is 5.73 Å². The minimum Gasteiger partial charge on any atom is -0.379 e. The second kappa shape index (κ2) is 5.06. The highest BCUT2D eigenvalue weighted by Gasteiger charge is 2.38. The van der Waals surface area contributed by atoms with Gasteiger partial charge in [0.05, 0.1) is 25.2 Å². The van der Waals surface area contributed by atoms with Crippen molar-refractivity contribution in [2.24, 2.45) is 10.7 Å². The second-order valence-corrected chi connectivity index (χ2v) is 5.51. The van der Waals surface area contributed by atoms with Crippen LogP contribution in [-0.4, -0.2) is 36.2 Å². The van der Waals surface area contributed by atoms with Gasteiger partial charge in [0.15, 0.2) is 5.96 Å². The van der Waals surface area contributed by atoms with Crippen LogP contribution in [-0.2, 0) is 11.3 Å². The summed E-state index contributed by atoms with van der Waals surface area (Å²) in [4.78, 5) is 7.80. The van der Waals surface area contributed by atoms with Crippen LogP contribution in [0.5, 0.6) is 0 Å². The second-order valence-electron chi connectivity index (χ2n) is 4.47. The molecule has 1 aliphatic heterocycles. The normalized spacial score (nSPS) is 24.1. The van der Waals surface area contributed by atoms with Crippen LogP contribution in [0.15, 0.2) is 22.5 Å². The summed E-state index contributed by atoms with van der Waals surface area (Å²) in [5.41, 5.74) is 5.86. The van der Waals surface area contributed by atoms with E-state index in [-0.39, 0.29) is 5.54 Å². The van der Waals surface area contributed by atoms with Crippen molar-refractivity contribution in [2.45, 2.75) is 25.9 Å². The Balaban J connectivity index is 2.08. The molecule has 2 rings (SSSR count). The highest BCUT2D eigenvalue weighted by atomic mass is 32.1. The van der Waals surface area contributed by atoms with Crippen LogP contribution in [0.1, 0.15) is 18.7 Å². The fraction of sp³-hybridized carbons (Fsp3) is 0.583. The molecule has 4 nitrogen and oxygen atoms in total. The zero-order valence-electron chi connectivity index (χ0n) is 10.3. The average Bonchev–Trinajstić information content (AvgIpc) is 2.91. The summed E-state index contributed by atoms with van der Waals surface area (Å²) >= 11 is 1.74. The number of ether oxygens (including phenoxy) is 1. The van der Waals surface area contributed by atoms with Crippen molar-refractivity contribution >= 4 is 17.3 Å². The van der Waals surface area contributed by atoms with Gasteiger partial charge in [0.1, 0.15) is 0 Å². The van der Waals surface area contributed by atoms with Gasteiger partial charge in [-0.25, -0.2) is 0 Å². The molecule has 0 amide bonds. The van der Waals surface area contributed by atoms with Crippen LogP contribution >= 0.6 is 11.3 Å². The van der Waals surface area contributed by atoms with Crippen molar-refractivity contribution in [3.8, 4) is 0 Å². The number of thiophene rings is 1. The van der Waals surface area contributed by atoms with Gasteiger partial charge in [0.2, 0.25) is 0 Å². The van der Waals surface area contributed by atoms with Gasteiger partial charge in [-0.3, -0.25) is 4.99 Å². The molecule has 1 aliphatic rings. The average molecular weight is 253 g/mol. The fourth-order valence-electron chi connectivity index (χ4n) is 1.97. The van der Waals surface area contributed by atoms with Crippen molar-refractivity contribution in [1.82, 2.24) is 4.90 Å². The molecule has 0 radical (unpaired) electrons. The quantitative estimate of drug-likeness (QED) is 0.868. The maximum Gasteiger partial charge on any atom is 0.192 e. The summed E-state index contributed by atoms with van der Waals surface area (Å²) in [6.07, 6.45) is 0. The zero-order chi connectivity index (χ0) is 12.3. The van der Waals surface area contributed by atoms with E-state index in [2.05, 4.69) is 34.3 Å². The number of nitrogens with two attached hydrogens (primary N) is 1. The Hall–Kier alpha value is -1.07. The van der Waals surface area contributed by atoms with Crippen LogP contribution in [0, 0.1) is 0 Å². The zero-order valence-corrected chi connectivity index (χ0v) is 11.2. The Morgan fingerprint density at radius 3 is 3.12 bits per heavy atom. The van der Waals surface area contributed by atoms with E-state index >= 15 is 0 Å². The third-order valence-corrected chi connectivity index (χ3v) is 3.88. The van der Waals surface area contributed by atoms with Gasteiger partial charge >= 0.3 is 0 Å². The molecular formula is C12H19N3OS. The molecule has 0 saturated carbocycles. The van der Waals surface area contributed by atoms with E-state index in [4.69, 9.17) is 10.5 Å². The summed E-state index contributed by atoms with van der Waals surface area (Å²) in [7, 11) is 0. The molecule has 0 saturated heterocycles. The van der Waals surface area contributed by atoms with E-state index in [0.29, 0.717) is 19.1 Å². The summed E-state index contributed by atoms with van der Waals surface area (Å²) in [5.74, 6) is 0.626. The molecule has 1 aromatic rings. The summed E-state index contributed by atoms with van der Waals surface area (Å²) in [5, 5.41) is 2.08. The molecule has 2 heterocycles. The molecule has 17 heavy (non-hydrogen) atoms. The van der Waals surface area contributed by atoms with E-state index < -0.39 is 0 Å². The van der Waals surface area contributed by atoms with E-state index in [1.165, 1.54) is 4.88 Å². The molecule has 1 unspecified atom stereocenters.